The monoisotopic (exact) mass is 549 g/mol. The first-order valence-corrected chi connectivity index (χ1v) is 13.2. The number of Topliss-reactive ketones (excluding diaryl/α,β-unsaturated/α-hetero) is 1. The largest absolute Gasteiger partial charge is 0.398 e. The van der Waals surface area contributed by atoms with Crippen molar-refractivity contribution in [2.45, 2.75) is 23.7 Å². The first kappa shape index (κ1) is 25.5. The predicted molar refractivity (Wildman–Crippen MR) is 140 cm³/mol. The Morgan fingerprint density at radius 3 is 2.63 bits per heavy atom. The maximum atomic E-state index is 13.3. The van der Waals surface area contributed by atoms with E-state index in [0.29, 0.717) is 22.2 Å². The molecule has 0 aliphatic carbocycles. The number of alkyl halides is 1. The SMILES string of the molecule is CON=C(C(=O)Cc1cccs1)C(=O)OC(=O)C1=C(c2ccc(CCl)cc2)CS[C@H]2C(N)C(=S)N12. The van der Waals surface area contributed by atoms with Gasteiger partial charge < -0.3 is 20.2 Å². The smallest absolute Gasteiger partial charge is 0.372 e. The zero-order chi connectivity index (χ0) is 25.1. The minimum Gasteiger partial charge on any atom is -0.398 e. The molecule has 2 aliphatic rings. The van der Waals surface area contributed by atoms with Crippen LogP contribution in [0.15, 0.2) is 52.6 Å². The average molecular weight is 550 g/mol. The topological polar surface area (TPSA) is 111 Å². The van der Waals surface area contributed by atoms with Gasteiger partial charge in [0.1, 0.15) is 23.2 Å². The molecule has 35 heavy (non-hydrogen) atoms. The summed E-state index contributed by atoms with van der Waals surface area (Å²) in [7, 11) is 1.20. The molecule has 1 aromatic heterocycles. The molecule has 12 heteroatoms. The third-order valence-corrected chi connectivity index (χ3v) is 8.35. The lowest BCUT2D eigenvalue weighted by atomic mass is 9.99. The number of rotatable bonds is 8. The molecular formula is C23H20ClN3O5S3. The number of fused-ring (bicyclic) bond motifs is 1. The number of thiophene rings is 1. The van der Waals surface area contributed by atoms with E-state index in [1.807, 2.05) is 29.6 Å². The highest BCUT2D eigenvalue weighted by molar-refractivity contribution is 8.00. The molecule has 2 aromatic rings. The van der Waals surface area contributed by atoms with Gasteiger partial charge in [-0.25, -0.2) is 9.59 Å². The van der Waals surface area contributed by atoms with Crippen molar-refractivity contribution in [2.24, 2.45) is 10.9 Å². The van der Waals surface area contributed by atoms with Crippen molar-refractivity contribution < 1.29 is 24.0 Å². The van der Waals surface area contributed by atoms with Gasteiger partial charge in [0, 0.05) is 28.5 Å². The lowest BCUT2D eigenvalue weighted by Gasteiger charge is -2.50. The van der Waals surface area contributed by atoms with E-state index in [2.05, 4.69) is 9.99 Å². The Hall–Kier alpha value is -2.57. The normalized spacial score (nSPS) is 19.7. The number of oxime groups is 1. The zero-order valence-corrected chi connectivity index (χ0v) is 21.6. The average Bonchev–Trinajstić information content (AvgIpc) is 3.38. The quantitative estimate of drug-likeness (QED) is 0.132. The van der Waals surface area contributed by atoms with E-state index >= 15 is 0 Å². The van der Waals surface area contributed by atoms with Crippen molar-refractivity contribution in [3.8, 4) is 0 Å². The molecule has 1 aromatic carbocycles. The first-order valence-electron chi connectivity index (χ1n) is 10.4. The van der Waals surface area contributed by atoms with Gasteiger partial charge in [0.25, 0.3) is 0 Å². The summed E-state index contributed by atoms with van der Waals surface area (Å²) in [5.41, 5.74) is 7.94. The molecule has 0 spiro atoms. The van der Waals surface area contributed by atoms with Gasteiger partial charge in [0.05, 0.1) is 6.04 Å². The second-order valence-electron chi connectivity index (χ2n) is 7.57. The molecule has 1 saturated heterocycles. The summed E-state index contributed by atoms with van der Waals surface area (Å²) in [4.78, 5) is 46.2. The molecule has 2 N–H and O–H groups in total. The number of hydrogen-bond donors (Lipinski definition) is 1. The molecule has 2 aliphatic heterocycles. The summed E-state index contributed by atoms with van der Waals surface area (Å²) >= 11 is 14.2. The fraction of sp³-hybridized carbons (Fsp3) is 0.261. The van der Waals surface area contributed by atoms with Gasteiger partial charge in [-0.15, -0.1) is 34.7 Å². The van der Waals surface area contributed by atoms with E-state index < -0.39 is 29.5 Å². The van der Waals surface area contributed by atoms with Gasteiger partial charge in [-0.05, 0) is 22.6 Å². The van der Waals surface area contributed by atoms with Gasteiger partial charge >= 0.3 is 11.9 Å². The Labute approximate surface area is 220 Å². The zero-order valence-electron chi connectivity index (χ0n) is 18.4. The number of benzene rings is 1. The second kappa shape index (κ2) is 11.0. The van der Waals surface area contributed by atoms with Gasteiger partial charge in [-0.1, -0.05) is 47.7 Å². The molecule has 1 unspecified atom stereocenters. The molecule has 2 atom stereocenters. The summed E-state index contributed by atoms with van der Waals surface area (Å²) in [6, 6.07) is 10.5. The summed E-state index contributed by atoms with van der Waals surface area (Å²) in [6.07, 6.45) is -0.0756. The molecule has 0 saturated carbocycles. The standard InChI is InChI=1S/C23H20ClN3O5S3/c1-31-26-18(16(28)9-14-3-2-8-34-14)22(29)32-23(30)19-15(13-6-4-12(10-24)5-7-13)11-35-21-17(25)20(33)27(19)21/h2-8,17,21H,9-11,25H2,1H3/t17?,21-/m0/s1. The number of thiocarbonyl (C=S) groups is 1. The molecule has 0 radical (unpaired) electrons. The molecular weight excluding hydrogens is 530 g/mol. The van der Waals surface area contributed by atoms with Crippen LogP contribution in [0.25, 0.3) is 5.57 Å². The third-order valence-electron chi connectivity index (χ3n) is 5.40. The van der Waals surface area contributed by atoms with Crippen molar-refractivity contribution in [3.05, 3.63) is 63.5 Å². The van der Waals surface area contributed by atoms with E-state index in [4.69, 9.17) is 34.3 Å². The molecule has 4 rings (SSSR count). The van der Waals surface area contributed by atoms with Crippen LogP contribution < -0.4 is 5.73 Å². The number of hydrogen-bond acceptors (Lipinski definition) is 10. The van der Waals surface area contributed by atoms with Crippen LogP contribution >= 0.6 is 46.9 Å². The van der Waals surface area contributed by atoms with E-state index in [1.54, 1.807) is 17.0 Å². The van der Waals surface area contributed by atoms with E-state index in [1.165, 1.54) is 30.2 Å². The van der Waals surface area contributed by atoms with Crippen LogP contribution in [-0.4, -0.2) is 57.6 Å². The fourth-order valence-corrected chi connectivity index (χ4v) is 6.36. The molecule has 182 valence electrons. The van der Waals surface area contributed by atoms with Crippen molar-refractivity contribution in [1.82, 2.24) is 4.90 Å². The van der Waals surface area contributed by atoms with E-state index in [-0.39, 0.29) is 17.5 Å². The van der Waals surface area contributed by atoms with Crippen LogP contribution in [-0.2, 0) is 36.3 Å². The molecule has 8 nitrogen and oxygen atoms in total. The minimum atomic E-state index is -1.20. The summed E-state index contributed by atoms with van der Waals surface area (Å²) in [6.45, 7) is 0. The minimum absolute atomic E-state index is 0.0756. The molecule has 3 heterocycles. The van der Waals surface area contributed by atoms with Gasteiger partial charge in [-0.3, -0.25) is 4.79 Å². The Balaban J connectivity index is 1.63. The number of nitrogens with two attached hydrogens (primary N) is 1. The Morgan fingerprint density at radius 1 is 1.26 bits per heavy atom. The fourth-order valence-electron chi connectivity index (χ4n) is 3.65. The number of carbonyl (C=O) groups is 3. The second-order valence-corrected chi connectivity index (χ2v) is 10.4. The van der Waals surface area contributed by atoms with Crippen LogP contribution in [0, 0.1) is 0 Å². The number of halogens is 1. The lowest BCUT2D eigenvalue weighted by Crippen LogP contribution is -2.67. The number of ether oxygens (including phenoxy) is 1. The third kappa shape index (κ3) is 5.19. The van der Waals surface area contributed by atoms with Crippen LogP contribution in [0.1, 0.15) is 16.0 Å². The van der Waals surface area contributed by atoms with Crippen LogP contribution in [0.5, 0.6) is 0 Å². The Bertz CT molecular complexity index is 1230. The molecule has 0 amide bonds. The Morgan fingerprint density at radius 2 is 2.00 bits per heavy atom. The number of ketones is 1. The first-order chi connectivity index (χ1) is 16.8. The summed E-state index contributed by atoms with van der Waals surface area (Å²) in [5, 5.41) is 5.08. The number of thioether (sulfide) groups is 1. The van der Waals surface area contributed by atoms with Crippen LogP contribution in [0.3, 0.4) is 0 Å². The van der Waals surface area contributed by atoms with E-state index in [9.17, 15) is 14.4 Å². The van der Waals surface area contributed by atoms with Crippen molar-refractivity contribution >= 4 is 80.9 Å². The van der Waals surface area contributed by atoms with Gasteiger partial charge in [0.15, 0.2) is 5.78 Å². The molecule has 1 fully saturated rings. The van der Waals surface area contributed by atoms with Gasteiger partial charge in [0.2, 0.25) is 5.71 Å². The highest BCUT2D eigenvalue weighted by atomic mass is 35.5. The van der Waals surface area contributed by atoms with Gasteiger partial charge in [-0.2, -0.15) is 0 Å². The molecule has 0 bridgehead atoms. The number of nitrogens with zero attached hydrogens (tertiary/aromatic N) is 2. The predicted octanol–water partition coefficient (Wildman–Crippen LogP) is 3.13. The van der Waals surface area contributed by atoms with Crippen molar-refractivity contribution in [3.63, 3.8) is 0 Å². The highest BCUT2D eigenvalue weighted by Crippen LogP contribution is 2.43. The Kier molecular flexibility index (Phi) is 8.02. The highest BCUT2D eigenvalue weighted by Gasteiger charge is 2.50. The summed E-state index contributed by atoms with van der Waals surface area (Å²) < 4.78 is 5.14. The number of esters is 2. The van der Waals surface area contributed by atoms with E-state index in [0.717, 1.165) is 16.0 Å². The lowest BCUT2D eigenvalue weighted by molar-refractivity contribution is -0.153. The maximum Gasteiger partial charge on any atom is 0.372 e. The maximum absolute atomic E-state index is 13.3. The number of carbonyl (C=O) groups excluding carboxylic acids is 3. The van der Waals surface area contributed by atoms with Crippen molar-refractivity contribution in [1.29, 1.82) is 0 Å². The summed E-state index contributed by atoms with van der Waals surface area (Å²) in [5.74, 6) is -1.97. The van der Waals surface area contributed by atoms with Crippen LogP contribution in [0.2, 0.25) is 0 Å². The van der Waals surface area contributed by atoms with Crippen molar-refractivity contribution in [2.75, 3.05) is 12.9 Å². The van der Waals surface area contributed by atoms with Crippen LogP contribution in [0.4, 0.5) is 0 Å².